The first kappa shape index (κ1) is 21.8. The van der Waals surface area contributed by atoms with E-state index >= 15 is 0 Å². The van der Waals surface area contributed by atoms with Gasteiger partial charge in [0.2, 0.25) is 0 Å². The van der Waals surface area contributed by atoms with Gasteiger partial charge in [0.1, 0.15) is 11.6 Å². The second kappa shape index (κ2) is 8.70. The summed E-state index contributed by atoms with van der Waals surface area (Å²) < 4.78 is 50.4. The minimum absolute atomic E-state index is 0. The SMILES string of the molecule is COc1ccc(C(=O)NCC2CC2(F)F)cc1Oc1cc(F)cc(CN)c1.Cl. The largest absolute Gasteiger partial charge is 0.493 e. The maximum atomic E-state index is 13.7. The summed E-state index contributed by atoms with van der Waals surface area (Å²) in [6, 6.07) is 8.46. The van der Waals surface area contributed by atoms with Gasteiger partial charge in [-0.25, -0.2) is 13.2 Å². The molecule has 0 aromatic heterocycles. The van der Waals surface area contributed by atoms with Gasteiger partial charge >= 0.3 is 0 Å². The minimum Gasteiger partial charge on any atom is -0.493 e. The molecule has 0 heterocycles. The molecule has 3 N–H and O–H groups in total. The molecule has 28 heavy (non-hydrogen) atoms. The van der Waals surface area contributed by atoms with Crippen LogP contribution in [0.1, 0.15) is 22.3 Å². The number of methoxy groups -OCH3 is 1. The highest BCUT2D eigenvalue weighted by Crippen LogP contribution is 2.48. The van der Waals surface area contributed by atoms with E-state index in [1.807, 2.05) is 0 Å². The van der Waals surface area contributed by atoms with Crippen LogP contribution in [0.3, 0.4) is 0 Å². The number of nitrogens with one attached hydrogen (secondary N) is 1. The standard InChI is InChI=1S/C19H19F3N2O3.ClH/c1-26-16-3-2-12(18(25)24-10-13-8-19(13,21)22)6-17(16)27-15-5-11(9-23)4-14(20)7-15;/h2-7,13H,8-10,23H2,1H3,(H,24,25);1H. The van der Waals surface area contributed by atoms with Gasteiger partial charge in [-0.05, 0) is 35.9 Å². The Kier molecular flexibility index (Phi) is 6.79. The first-order valence-corrected chi connectivity index (χ1v) is 8.34. The van der Waals surface area contributed by atoms with Crippen LogP contribution in [0.5, 0.6) is 17.2 Å². The first-order chi connectivity index (χ1) is 12.8. The molecule has 1 aliphatic carbocycles. The van der Waals surface area contributed by atoms with Crippen LogP contribution in [-0.2, 0) is 6.54 Å². The highest BCUT2D eigenvalue weighted by atomic mass is 35.5. The van der Waals surface area contributed by atoms with Crippen molar-refractivity contribution in [1.82, 2.24) is 5.32 Å². The molecule has 5 nitrogen and oxygen atoms in total. The molecular formula is C19H20ClF3N2O3. The topological polar surface area (TPSA) is 73.6 Å². The van der Waals surface area contributed by atoms with Crippen LogP contribution in [0.4, 0.5) is 13.2 Å². The summed E-state index contributed by atoms with van der Waals surface area (Å²) in [6.45, 7) is 0.0390. The highest BCUT2D eigenvalue weighted by molar-refractivity contribution is 5.95. The highest BCUT2D eigenvalue weighted by Gasteiger charge is 2.56. The molecule has 1 aliphatic rings. The van der Waals surface area contributed by atoms with E-state index < -0.39 is 23.6 Å². The Balaban J connectivity index is 0.00000280. The van der Waals surface area contributed by atoms with Gasteiger partial charge in [0.25, 0.3) is 11.8 Å². The molecule has 0 radical (unpaired) electrons. The van der Waals surface area contributed by atoms with Crippen LogP contribution >= 0.6 is 12.4 Å². The van der Waals surface area contributed by atoms with E-state index in [0.717, 1.165) is 0 Å². The molecule has 2 aromatic carbocycles. The first-order valence-electron chi connectivity index (χ1n) is 8.34. The molecule has 0 bridgehead atoms. The Morgan fingerprint density at radius 1 is 1.25 bits per heavy atom. The Bertz CT molecular complexity index is 864. The Morgan fingerprint density at radius 3 is 2.57 bits per heavy atom. The normalized spacial score (nSPS) is 16.7. The average molecular weight is 417 g/mol. The van der Waals surface area contributed by atoms with Crippen molar-refractivity contribution in [3.05, 3.63) is 53.3 Å². The van der Waals surface area contributed by atoms with Crippen LogP contribution in [0.2, 0.25) is 0 Å². The average Bonchev–Trinajstić information content (AvgIpc) is 3.25. The van der Waals surface area contributed by atoms with Crippen LogP contribution in [0, 0.1) is 11.7 Å². The lowest BCUT2D eigenvalue weighted by Gasteiger charge is -2.13. The lowest BCUT2D eigenvalue weighted by Crippen LogP contribution is -2.26. The lowest BCUT2D eigenvalue weighted by atomic mass is 10.1. The maximum Gasteiger partial charge on any atom is 0.253 e. The molecule has 3 rings (SSSR count). The Hall–Kier alpha value is -2.45. The molecule has 9 heteroatoms. The van der Waals surface area contributed by atoms with Gasteiger partial charge in [-0.2, -0.15) is 0 Å². The summed E-state index contributed by atoms with van der Waals surface area (Å²) in [4.78, 5) is 12.2. The molecule has 0 aliphatic heterocycles. The quantitative estimate of drug-likeness (QED) is 0.718. The van der Waals surface area contributed by atoms with Crippen molar-refractivity contribution in [2.45, 2.75) is 18.9 Å². The third-order valence-electron chi connectivity index (χ3n) is 4.29. The predicted molar refractivity (Wildman–Crippen MR) is 100.0 cm³/mol. The number of hydrogen-bond donors (Lipinski definition) is 2. The summed E-state index contributed by atoms with van der Waals surface area (Å²) in [5.74, 6) is -3.81. The number of alkyl halides is 2. The van der Waals surface area contributed by atoms with Gasteiger partial charge in [-0.3, -0.25) is 4.79 Å². The van der Waals surface area contributed by atoms with Crippen LogP contribution < -0.4 is 20.5 Å². The number of amides is 1. The van der Waals surface area contributed by atoms with Gasteiger partial charge in [0, 0.05) is 37.1 Å². The van der Waals surface area contributed by atoms with Gasteiger partial charge in [-0.1, -0.05) is 0 Å². The molecular weight excluding hydrogens is 397 g/mol. The van der Waals surface area contributed by atoms with Crippen LogP contribution in [-0.4, -0.2) is 25.5 Å². The van der Waals surface area contributed by atoms with Gasteiger partial charge in [0.05, 0.1) is 7.11 Å². The Morgan fingerprint density at radius 2 is 1.96 bits per heavy atom. The van der Waals surface area contributed by atoms with E-state index in [9.17, 15) is 18.0 Å². The van der Waals surface area contributed by atoms with Gasteiger partial charge in [0.15, 0.2) is 11.5 Å². The number of carbonyl (C=O) groups is 1. The number of rotatable bonds is 7. The molecule has 1 saturated carbocycles. The number of nitrogens with two attached hydrogens (primary N) is 1. The summed E-state index contributed by atoms with van der Waals surface area (Å²) in [5.41, 5.74) is 6.29. The summed E-state index contributed by atoms with van der Waals surface area (Å²) >= 11 is 0. The Labute approximate surface area is 166 Å². The van der Waals surface area contributed by atoms with Crippen LogP contribution in [0.25, 0.3) is 0 Å². The van der Waals surface area contributed by atoms with E-state index in [4.69, 9.17) is 15.2 Å². The minimum atomic E-state index is -2.69. The fraction of sp³-hybridized carbons (Fsp3) is 0.316. The van der Waals surface area contributed by atoms with E-state index in [-0.39, 0.29) is 49.0 Å². The molecule has 1 unspecified atom stereocenters. The van der Waals surface area contributed by atoms with Crippen molar-refractivity contribution in [1.29, 1.82) is 0 Å². The zero-order valence-corrected chi connectivity index (χ0v) is 15.8. The summed E-state index contributed by atoms with van der Waals surface area (Å²) in [6.07, 6.45) is -0.215. The van der Waals surface area contributed by atoms with Gasteiger partial charge in [-0.15, -0.1) is 12.4 Å². The van der Waals surface area contributed by atoms with Crippen molar-refractivity contribution in [3.8, 4) is 17.2 Å². The van der Waals surface area contributed by atoms with Crippen LogP contribution in [0.15, 0.2) is 36.4 Å². The maximum absolute atomic E-state index is 13.7. The molecule has 152 valence electrons. The second-order valence-corrected chi connectivity index (χ2v) is 6.34. The van der Waals surface area contributed by atoms with Crippen molar-refractivity contribution in [2.24, 2.45) is 11.7 Å². The van der Waals surface area contributed by atoms with Crippen molar-refractivity contribution < 1.29 is 27.4 Å². The van der Waals surface area contributed by atoms with Crippen molar-refractivity contribution in [2.75, 3.05) is 13.7 Å². The molecule has 1 fully saturated rings. The summed E-state index contributed by atoms with van der Waals surface area (Å²) in [7, 11) is 1.42. The lowest BCUT2D eigenvalue weighted by molar-refractivity contribution is 0.0895. The van der Waals surface area contributed by atoms with E-state index in [1.54, 1.807) is 6.07 Å². The molecule has 0 saturated heterocycles. The van der Waals surface area contributed by atoms with Gasteiger partial charge < -0.3 is 20.5 Å². The summed E-state index contributed by atoms with van der Waals surface area (Å²) in [5, 5.41) is 2.48. The molecule has 1 atom stereocenters. The number of hydrogen-bond acceptors (Lipinski definition) is 4. The van der Waals surface area contributed by atoms with Crippen molar-refractivity contribution in [3.63, 3.8) is 0 Å². The van der Waals surface area contributed by atoms with E-state index in [0.29, 0.717) is 11.3 Å². The fourth-order valence-electron chi connectivity index (χ4n) is 2.63. The molecule has 1 amide bonds. The third kappa shape index (κ3) is 5.08. The molecule has 0 spiro atoms. The third-order valence-corrected chi connectivity index (χ3v) is 4.29. The molecule has 2 aromatic rings. The predicted octanol–water partition coefficient (Wildman–Crippen LogP) is 3.89. The number of ether oxygens (including phenoxy) is 2. The smallest absolute Gasteiger partial charge is 0.253 e. The number of carbonyl (C=O) groups excluding carboxylic acids is 1. The second-order valence-electron chi connectivity index (χ2n) is 6.34. The number of halogens is 4. The fourth-order valence-corrected chi connectivity index (χ4v) is 2.63. The number of benzene rings is 2. The monoisotopic (exact) mass is 416 g/mol. The van der Waals surface area contributed by atoms with Crippen molar-refractivity contribution >= 4 is 18.3 Å². The zero-order chi connectivity index (χ0) is 19.6. The zero-order valence-electron chi connectivity index (χ0n) is 15.0. The van der Waals surface area contributed by atoms with E-state index in [1.165, 1.54) is 37.4 Å². The van der Waals surface area contributed by atoms with E-state index in [2.05, 4.69) is 5.32 Å².